The van der Waals surface area contributed by atoms with E-state index in [1.807, 2.05) is 6.92 Å². The topological polar surface area (TPSA) is 90.6 Å². The van der Waals surface area contributed by atoms with Gasteiger partial charge < -0.3 is 20.5 Å². The third-order valence-corrected chi connectivity index (χ3v) is 1.72. The molecule has 0 aliphatic heterocycles. The highest BCUT2D eigenvalue weighted by molar-refractivity contribution is 6.01. The van der Waals surface area contributed by atoms with Gasteiger partial charge in [-0.15, -0.1) is 0 Å². The Morgan fingerprint density at radius 3 is 2.65 bits per heavy atom. The first kappa shape index (κ1) is 15.6. The van der Waals surface area contributed by atoms with Crippen LogP contribution in [0.2, 0.25) is 0 Å². The molecule has 0 bridgehead atoms. The minimum atomic E-state index is -1.28. The zero-order valence-electron chi connectivity index (χ0n) is 10.3. The molecule has 0 spiro atoms. The van der Waals surface area contributed by atoms with Crippen molar-refractivity contribution < 1.29 is 19.1 Å². The molecule has 1 atom stereocenters. The summed E-state index contributed by atoms with van der Waals surface area (Å²) in [5.41, 5.74) is 6.27. The summed E-state index contributed by atoms with van der Waals surface area (Å²) in [5, 5.41) is 2.48. The lowest BCUT2D eigenvalue weighted by molar-refractivity contribution is -0.148. The average molecular weight is 244 g/mol. The molecular formula is C11H20N2O4. The van der Waals surface area contributed by atoms with Crippen molar-refractivity contribution >= 4 is 11.9 Å². The van der Waals surface area contributed by atoms with Crippen molar-refractivity contribution in [2.45, 2.75) is 19.9 Å². The maximum absolute atomic E-state index is 11.3. The quantitative estimate of drug-likeness (QED) is 0.262. The first-order valence-electron chi connectivity index (χ1n) is 5.41. The maximum Gasteiger partial charge on any atom is 0.332 e. The standard InChI is InChI=1S/C11H20N2O4/c1-4-17-11(15)9(12)10(14)13-5-6-16-7-8(2)3/h9H,2,4-7,12H2,1,3H3,(H,13,14). The Morgan fingerprint density at radius 1 is 1.47 bits per heavy atom. The molecule has 17 heavy (non-hydrogen) atoms. The second-order valence-electron chi connectivity index (χ2n) is 3.53. The lowest BCUT2D eigenvalue weighted by Crippen LogP contribution is -2.47. The average Bonchev–Trinajstić information content (AvgIpc) is 2.27. The van der Waals surface area contributed by atoms with Crippen molar-refractivity contribution in [3.05, 3.63) is 12.2 Å². The van der Waals surface area contributed by atoms with E-state index in [2.05, 4.69) is 16.6 Å². The second kappa shape index (κ2) is 8.72. The van der Waals surface area contributed by atoms with Crippen LogP contribution in [0.15, 0.2) is 12.2 Å². The van der Waals surface area contributed by atoms with Gasteiger partial charge in [0.05, 0.1) is 19.8 Å². The molecule has 0 aromatic heterocycles. The normalized spacial score (nSPS) is 11.7. The molecule has 0 aromatic carbocycles. The predicted molar refractivity (Wildman–Crippen MR) is 63.3 cm³/mol. The number of rotatable bonds is 8. The molecule has 0 aliphatic rings. The Kier molecular flexibility index (Phi) is 8.00. The number of hydrogen-bond acceptors (Lipinski definition) is 5. The molecule has 0 radical (unpaired) electrons. The van der Waals surface area contributed by atoms with Gasteiger partial charge >= 0.3 is 5.97 Å². The van der Waals surface area contributed by atoms with Gasteiger partial charge in [0.15, 0.2) is 6.04 Å². The van der Waals surface area contributed by atoms with Gasteiger partial charge in [0, 0.05) is 6.54 Å². The van der Waals surface area contributed by atoms with Crippen LogP contribution in [0.5, 0.6) is 0 Å². The minimum Gasteiger partial charge on any atom is -0.464 e. The number of amides is 1. The number of nitrogens with one attached hydrogen (secondary N) is 1. The Labute approximate surface area is 101 Å². The summed E-state index contributed by atoms with van der Waals surface area (Å²) in [5.74, 6) is -1.30. The van der Waals surface area contributed by atoms with Crippen LogP contribution >= 0.6 is 0 Å². The van der Waals surface area contributed by atoms with Gasteiger partial charge in [0.25, 0.3) is 0 Å². The summed E-state index contributed by atoms with van der Waals surface area (Å²) in [7, 11) is 0. The molecule has 0 saturated heterocycles. The number of nitrogens with two attached hydrogens (primary N) is 1. The summed E-state index contributed by atoms with van der Waals surface area (Å²) < 4.78 is 9.78. The highest BCUT2D eigenvalue weighted by Crippen LogP contribution is 1.88. The molecule has 3 N–H and O–H groups in total. The Morgan fingerprint density at radius 2 is 2.12 bits per heavy atom. The summed E-state index contributed by atoms with van der Waals surface area (Å²) in [4.78, 5) is 22.5. The van der Waals surface area contributed by atoms with E-state index in [1.54, 1.807) is 6.92 Å². The van der Waals surface area contributed by atoms with Crippen LogP contribution < -0.4 is 11.1 Å². The monoisotopic (exact) mass is 244 g/mol. The first-order chi connectivity index (χ1) is 7.99. The summed E-state index contributed by atoms with van der Waals surface area (Å²) in [6.45, 7) is 8.43. The van der Waals surface area contributed by atoms with E-state index in [0.29, 0.717) is 19.8 Å². The molecule has 6 heteroatoms. The van der Waals surface area contributed by atoms with Crippen LogP contribution in [0.25, 0.3) is 0 Å². The van der Waals surface area contributed by atoms with E-state index in [4.69, 9.17) is 10.5 Å². The van der Waals surface area contributed by atoms with Crippen molar-refractivity contribution in [3.63, 3.8) is 0 Å². The Bertz CT molecular complexity index is 279. The lowest BCUT2D eigenvalue weighted by atomic mass is 10.3. The fraction of sp³-hybridized carbons (Fsp3) is 0.636. The molecule has 0 rings (SSSR count). The number of ether oxygens (including phenoxy) is 2. The van der Waals surface area contributed by atoms with E-state index in [-0.39, 0.29) is 6.61 Å². The third-order valence-electron chi connectivity index (χ3n) is 1.72. The van der Waals surface area contributed by atoms with Crippen molar-refractivity contribution in [2.75, 3.05) is 26.4 Å². The third kappa shape index (κ3) is 7.48. The minimum absolute atomic E-state index is 0.196. The van der Waals surface area contributed by atoms with E-state index in [9.17, 15) is 9.59 Å². The van der Waals surface area contributed by atoms with Crippen LogP contribution in [0.1, 0.15) is 13.8 Å². The highest BCUT2D eigenvalue weighted by Gasteiger charge is 2.22. The van der Waals surface area contributed by atoms with Crippen LogP contribution in [0, 0.1) is 0 Å². The fourth-order valence-corrected chi connectivity index (χ4v) is 0.942. The Hall–Kier alpha value is -1.40. The molecule has 0 aromatic rings. The summed E-state index contributed by atoms with van der Waals surface area (Å²) >= 11 is 0. The van der Waals surface area contributed by atoms with E-state index in [1.165, 1.54) is 0 Å². The highest BCUT2D eigenvalue weighted by atomic mass is 16.5. The van der Waals surface area contributed by atoms with Gasteiger partial charge in [0.2, 0.25) is 5.91 Å². The zero-order chi connectivity index (χ0) is 13.3. The molecule has 0 saturated carbocycles. The van der Waals surface area contributed by atoms with Crippen molar-refractivity contribution in [1.82, 2.24) is 5.32 Å². The van der Waals surface area contributed by atoms with E-state index < -0.39 is 17.9 Å². The van der Waals surface area contributed by atoms with Gasteiger partial charge in [0.1, 0.15) is 0 Å². The smallest absolute Gasteiger partial charge is 0.332 e. The second-order valence-corrected chi connectivity index (χ2v) is 3.53. The molecule has 0 fully saturated rings. The largest absolute Gasteiger partial charge is 0.464 e. The predicted octanol–water partition coefficient (Wildman–Crippen LogP) is -0.414. The van der Waals surface area contributed by atoms with Crippen molar-refractivity contribution in [2.24, 2.45) is 5.73 Å². The summed E-state index contributed by atoms with van der Waals surface area (Å²) in [6, 6.07) is -1.28. The van der Waals surface area contributed by atoms with Gasteiger partial charge in [-0.05, 0) is 13.8 Å². The summed E-state index contributed by atoms with van der Waals surface area (Å²) in [6.07, 6.45) is 0. The van der Waals surface area contributed by atoms with Crippen molar-refractivity contribution in [3.8, 4) is 0 Å². The maximum atomic E-state index is 11.3. The van der Waals surface area contributed by atoms with E-state index in [0.717, 1.165) is 5.57 Å². The Balaban J connectivity index is 3.71. The van der Waals surface area contributed by atoms with Gasteiger partial charge in [-0.1, -0.05) is 12.2 Å². The van der Waals surface area contributed by atoms with Gasteiger partial charge in [-0.3, -0.25) is 4.79 Å². The number of hydrogen-bond donors (Lipinski definition) is 2. The van der Waals surface area contributed by atoms with Crippen LogP contribution in [0.4, 0.5) is 0 Å². The molecule has 0 aliphatic carbocycles. The van der Waals surface area contributed by atoms with E-state index >= 15 is 0 Å². The SMILES string of the molecule is C=C(C)COCCNC(=O)C(N)C(=O)OCC. The molecule has 0 heterocycles. The van der Waals surface area contributed by atoms with Gasteiger partial charge in [-0.2, -0.15) is 0 Å². The fourth-order valence-electron chi connectivity index (χ4n) is 0.942. The van der Waals surface area contributed by atoms with Crippen LogP contribution in [0.3, 0.4) is 0 Å². The zero-order valence-corrected chi connectivity index (χ0v) is 10.3. The van der Waals surface area contributed by atoms with Crippen molar-refractivity contribution in [1.29, 1.82) is 0 Å². The molecular weight excluding hydrogens is 224 g/mol. The number of esters is 1. The number of carbonyl (C=O) groups excluding carboxylic acids is 2. The molecule has 98 valence electrons. The van der Waals surface area contributed by atoms with Crippen LogP contribution in [-0.4, -0.2) is 44.3 Å². The first-order valence-corrected chi connectivity index (χ1v) is 5.41. The van der Waals surface area contributed by atoms with Gasteiger partial charge in [-0.25, -0.2) is 4.79 Å². The molecule has 6 nitrogen and oxygen atoms in total. The van der Waals surface area contributed by atoms with Crippen LogP contribution in [-0.2, 0) is 19.1 Å². The molecule has 1 unspecified atom stereocenters. The lowest BCUT2D eigenvalue weighted by Gasteiger charge is -2.11. The molecule has 1 amide bonds. The number of carbonyl (C=O) groups is 2.